The van der Waals surface area contributed by atoms with Crippen LogP contribution in [0.15, 0.2) is 11.1 Å². The van der Waals surface area contributed by atoms with Crippen molar-refractivity contribution in [1.82, 2.24) is 0 Å². The first-order valence-electron chi connectivity index (χ1n) is 4.33. The number of nitriles is 1. The van der Waals surface area contributed by atoms with E-state index < -0.39 is 6.26 Å². The molecule has 0 heterocycles. The summed E-state index contributed by atoms with van der Waals surface area (Å²) in [5, 5.41) is 18.3. The second-order valence-electron chi connectivity index (χ2n) is 3.58. The molecule has 0 fully saturated rings. The molecule has 1 atom stereocenters. The van der Waals surface area contributed by atoms with Gasteiger partial charge in [-0.15, -0.1) is 0 Å². The molecule has 14 heavy (non-hydrogen) atoms. The minimum absolute atomic E-state index is 0.0258. The van der Waals surface area contributed by atoms with Crippen LogP contribution < -0.4 is 0 Å². The summed E-state index contributed by atoms with van der Waals surface area (Å²) in [5.41, 5.74) is 0. The molecule has 1 N–H and O–H groups in total. The van der Waals surface area contributed by atoms with Gasteiger partial charge in [0.05, 0.1) is 6.61 Å². The van der Waals surface area contributed by atoms with Gasteiger partial charge in [-0.3, -0.25) is 0 Å². The van der Waals surface area contributed by atoms with Crippen LogP contribution in [0.3, 0.4) is 0 Å². The van der Waals surface area contributed by atoms with Crippen molar-refractivity contribution >= 4 is 18.1 Å². The number of nitrogens with zero attached hydrogens (tertiary/aromatic N) is 1. The molecule has 0 amide bonds. The van der Waals surface area contributed by atoms with E-state index in [1.807, 2.05) is 19.9 Å². The molecule has 0 aromatic rings. The highest BCUT2D eigenvalue weighted by atomic mass is 32.4. The van der Waals surface area contributed by atoms with E-state index in [9.17, 15) is 5.11 Å². The Hall–Kier alpha value is -0.360. The molecule has 0 bridgehead atoms. The molecule has 0 aliphatic carbocycles. The molecular weight excluding hydrogens is 217 g/mol. The summed E-state index contributed by atoms with van der Waals surface area (Å²) in [4.78, 5) is 0. The lowest BCUT2D eigenvalue weighted by atomic mass is 10.2. The summed E-state index contributed by atoms with van der Waals surface area (Å²) in [6, 6.07) is 1.92. The fourth-order valence-electron chi connectivity index (χ4n) is 0.821. The number of hydrogen-bond donors (Lipinski definition) is 1. The molecule has 0 aliphatic rings. The number of hydrogen-bond acceptors (Lipinski definition) is 4. The molecule has 0 aliphatic heterocycles. The van der Waals surface area contributed by atoms with Crippen LogP contribution in [-0.4, -0.2) is 18.4 Å². The Balaban J connectivity index is 4.72. The zero-order valence-corrected chi connectivity index (χ0v) is 10.7. The van der Waals surface area contributed by atoms with E-state index in [-0.39, 0.29) is 11.1 Å². The lowest BCUT2D eigenvalue weighted by molar-refractivity contribution is 0.300. The summed E-state index contributed by atoms with van der Waals surface area (Å²) >= 11 is 5.21. The molecular formula is C9H16NO2PS. The molecule has 0 saturated carbocycles. The van der Waals surface area contributed by atoms with E-state index in [4.69, 9.17) is 21.6 Å². The average molecular weight is 233 g/mol. The highest BCUT2D eigenvalue weighted by Crippen LogP contribution is 2.52. The monoisotopic (exact) mass is 233 g/mol. The number of aliphatic hydroxyl groups is 1. The highest BCUT2D eigenvalue weighted by molar-refractivity contribution is 8.14. The largest absolute Gasteiger partial charge is 0.511 e. The molecule has 0 spiro atoms. The second kappa shape index (κ2) is 5.50. The zero-order valence-electron chi connectivity index (χ0n) is 8.94. The Kier molecular flexibility index (Phi) is 5.36. The third-order valence-electron chi connectivity index (χ3n) is 1.51. The van der Waals surface area contributed by atoms with Gasteiger partial charge in [0.2, 0.25) is 0 Å². The number of rotatable bonds is 4. The van der Waals surface area contributed by atoms with Gasteiger partial charge in [0.15, 0.2) is 0 Å². The minimum atomic E-state index is -2.31. The van der Waals surface area contributed by atoms with E-state index in [0.717, 1.165) is 0 Å². The first kappa shape index (κ1) is 13.6. The molecule has 3 nitrogen and oxygen atoms in total. The van der Waals surface area contributed by atoms with Crippen molar-refractivity contribution in [3.8, 4) is 6.07 Å². The summed E-state index contributed by atoms with van der Waals surface area (Å²) in [6.45, 7) is 7.71. The Morgan fingerprint density at radius 2 is 2.14 bits per heavy atom. The van der Waals surface area contributed by atoms with Crippen LogP contribution in [0.1, 0.15) is 20.8 Å². The molecule has 0 rings (SSSR count). The van der Waals surface area contributed by atoms with Gasteiger partial charge in [0.25, 0.3) is 0 Å². The summed E-state index contributed by atoms with van der Waals surface area (Å²) in [5.74, 6) is 0.346. The standard InChI is InChI=1S/C9H16NO2PS/c1-7(2)6-12-13(4,14)9(5-10)8(3)11/h7,11H,6H2,1-4H3. The lowest BCUT2D eigenvalue weighted by Crippen LogP contribution is -2.01. The molecule has 80 valence electrons. The summed E-state index contributed by atoms with van der Waals surface area (Å²) in [6.07, 6.45) is -2.31. The van der Waals surface area contributed by atoms with Gasteiger partial charge in [-0.05, 0) is 19.5 Å². The number of aliphatic hydroxyl groups excluding tert-OH is 1. The van der Waals surface area contributed by atoms with Crippen LogP contribution in [0.25, 0.3) is 0 Å². The lowest BCUT2D eigenvalue weighted by Gasteiger charge is -2.18. The van der Waals surface area contributed by atoms with Gasteiger partial charge >= 0.3 is 0 Å². The third kappa shape index (κ3) is 4.23. The molecule has 5 heteroatoms. The van der Waals surface area contributed by atoms with Crippen LogP contribution >= 0.6 is 6.26 Å². The maximum absolute atomic E-state index is 9.25. The van der Waals surface area contributed by atoms with Crippen molar-refractivity contribution < 1.29 is 9.63 Å². The van der Waals surface area contributed by atoms with Crippen molar-refractivity contribution in [2.45, 2.75) is 20.8 Å². The van der Waals surface area contributed by atoms with Gasteiger partial charge in [0, 0.05) is 0 Å². The quantitative estimate of drug-likeness (QED) is 0.460. The first-order chi connectivity index (χ1) is 6.31. The first-order valence-corrected chi connectivity index (χ1v) is 7.50. The molecule has 0 aromatic heterocycles. The summed E-state index contributed by atoms with van der Waals surface area (Å²) in [7, 11) is 0. The normalized spacial score (nSPS) is 17.1. The van der Waals surface area contributed by atoms with E-state index in [1.165, 1.54) is 6.92 Å². The Morgan fingerprint density at radius 3 is 2.43 bits per heavy atom. The molecule has 0 radical (unpaired) electrons. The van der Waals surface area contributed by atoms with Gasteiger partial charge in [-0.2, -0.15) is 5.26 Å². The molecule has 1 unspecified atom stereocenters. The average Bonchev–Trinajstić information content (AvgIpc) is 2.01. The predicted molar refractivity (Wildman–Crippen MR) is 61.9 cm³/mol. The fourth-order valence-corrected chi connectivity index (χ4v) is 3.00. The van der Waals surface area contributed by atoms with Gasteiger partial charge in [-0.25, -0.2) is 0 Å². The molecule has 0 aromatic carbocycles. The predicted octanol–water partition coefficient (Wildman–Crippen LogP) is 3.00. The topological polar surface area (TPSA) is 53.2 Å². The zero-order chi connectivity index (χ0) is 11.4. The number of allylic oxidation sites excluding steroid dienone is 2. The smallest absolute Gasteiger partial charge is 0.124 e. The minimum Gasteiger partial charge on any atom is -0.511 e. The fraction of sp³-hybridized carbons (Fsp3) is 0.667. The maximum atomic E-state index is 9.25. The van der Waals surface area contributed by atoms with Crippen LogP contribution in [0, 0.1) is 17.2 Å². The van der Waals surface area contributed by atoms with Crippen LogP contribution in [-0.2, 0) is 16.3 Å². The Bertz CT molecular complexity index is 313. The van der Waals surface area contributed by atoms with Gasteiger partial charge < -0.3 is 9.63 Å². The van der Waals surface area contributed by atoms with Crippen LogP contribution in [0.4, 0.5) is 0 Å². The molecule has 0 saturated heterocycles. The maximum Gasteiger partial charge on any atom is 0.124 e. The van der Waals surface area contributed by atoms with Crippen molar-refractivity contribution in [2.75, 3.05) is 13.3 Å². The highest BCUT2D eigenvalue weighted by Gasteiger charge is 2.20. The van der Waals surface area contributed by atoms with Gasteiger partial charge in [-0.1, -0.05) is 25.7 Å². The SMILES string of the molecule is CC(O)=C(C#N)P(C)(=S)OCC(C)C. The van der Waals surface area contributed by atoms with Gasteiger partial charge in [0.1, 0.15) is 23.4 Å². The van der Waals surface area contributed by atoms with Crippen LogP contribution in [0.5, 0.6) is 0 Å². The van der Waals surface area contributed by atoms with Crippen molar-refractivity contribution in [3.05, 3.63) is 11.1 Å². The second-order valence-corrected chi connectivity index (χ2v) is 8.07. The Morgan fingerprint density at radius 1 is 1.64 bits per heavy atom. The van der Waals surface area contributed by atoms with Crippen LogP contribution in [0.2, 0.25) is 0 Å². The van der Waals surface area contributed by atoms with Crippen molar-refractivity contribution in [1.29, 1.82) is 5.26 Å². The van der Waals surface area contributed by atoms with E-state index in [1.54, 1.807) is 6.66 Å². The van der Waals surface area contributed by atoms with Crippen molar-refractivity contribution in [2.24, 2.45) is 5.92 Å². The Labute approximate surface area is 90.5 Å². The summed E-state index contributed by atoms with van der Waals surface area (Å²) < 4.78 is 5.49. The van der Waals surface area contributed by atoms with E-state index >= 15 is 0 Å². The third-order valence-corrected chi connectivity index (χ3v) is 4.25. The van der Waals surface area contributed by atoms with Crippen molar-refractivity contribution in [3.63, 3.8) is 0 Å². The van der Waals surface area contributed by atoms with E-state index in [0.29, 0.717) is 12.5 Å². The van der Waals surface area contributed by atoms with E-state index in [2.05, 4.69) is 0 Å².